The second-order valence-electron chi connectivity index (χ2n) is 7.74. The predicted octanol–water partition coefficient (Wildman–Crippen LogP) is 3.15. The van der Waals surface area contributed by atoms with Crippen LogP contribution in [0.4, 0.5) is 10.5 Å². The highest BCUT2D eigenvalue weighted by molar-refractivity contribution is 5.70. The standard InChI is InChI=1S/C21H25N5O3/c1-13(2)23-20(27)29-12-21(9-10-21)19-24-18-17(28-3)8-7-16(26(18)25-19)14-5-4-6-15(22)11-14/h4-8,11,13H,9-10,12,22H2,1-3H3,(H,23,27). The lowest BCUT2D eigenvalue weighted by Crippen LogP contribution is -2.33. The summed E-state index contributed by atoms with van der Waals surface area (Å²) in [4.78, 5) is 16.6. The van der Waals surface area contributed by atoms with Gasteiger partial charge in [0.15, 0.2) is 17.2 Å². The Balaban J connectivity index is 1.70. The van der Waals surface area contributed by atoms with Crippen molar-refractivity contribution in [1.82, 2.24) is 19.9 Å². The number of aromatic nitrogens is 3. The number of nitrogen functional groups attached to an aromatic ring is 1. The van der Waals surface area contributed by atoms with Gasteiger partial charge in [0, 0.05) is 17.3 Å². The molecule has 1 fully saturated rings. The summed E-state index contributed by atoms with van der Waals surface area (Å²) in [5, 5.41) is 7.51. The van der Waals surface area contributed by atoms with Crippen molar-refractivity contribution in [2.24, 2.45) is 0 Å². The molecule has 152 valence electrons. The number of nitrogens with two attached hydrogens (primary N) is 1. The smallest absolute Gasteiger partial charge is 0.407 e. The molecule has 1 aromatic carbocycles. The minimum absolute atomic E-state index is 0.0242. The zero-order valence-electron chi connectivity index (χ0n) is 16.8. The molecule has 4 rings (SSSR count). The van der Waals surface area contributed by atoms with E-state index in [1.165, 1.54) is 0 Å². The number of rotatable bonds is 6. The van der Waals surface area contributed by atoms with Crippen molar-refractivity contribution in [2.45, 2.75) is 38.1 Å². The van der Waals surface area contributed by atoms with Crippen LogP contribution in [0, 0.1) is 0 Å². The first kappa shape index (κ1) is 19.0. The van der Waals surface area contributed by atoms with Crippen molar-refractivity contribution < 1.29 is 14.3 Å². The number of nitrogens with one attached hydrogen (secondary N) is 1. The quantitative estimate of drug-likeness (QED) is 0.622. The highest BCUT2D eigenvalue weighted by Gasteiger charge is 2.49. The summed E-state index contributed by atoms with van der Waals surface area (Å²) in [7, 11) is 1.61. The van der Waals surface area contributed by atoms with Crippen LogP contribution in [0.25, 0.3) is 16.9 Å². The number of benzene rings is 1. The summed E-state index contributed by atoms with van der Waals surface area (Å²) in [6.45, 7) is 4.03. The van der Waals surface area contributed by atoms with Gasteiger partial charge < -0.3 is 20.5 Å². The summed E-state index contributed by atoms with van der Waals surface area (Å²) in [6.07, 6.45) is 1.32. The van der Waals surface area contributed by atoms with Crippen LogP contribution in [0.3, 0.4) is 0 Å². The van der Waals surface area contributed by atoms with Crippen LogP contribution in [0.5, 0.6) is 5.75 Å². The Bertz CT molecular complexity index is 1060. The van der Waals surface area contributed by atoms with Crippen molar-refractivity contribution >= 4 is 17.4 Å². The van der Waals surface area contributed by atoms with E-state index in [0.717, 1.165) is 24.1 Å². The van der Waals surface area contributed by atoms with E-state index in [0.29, 0.717) is 22.9 Å². The van der Waals surface area contributed by atoms with Crippen LogP contribution in [-0.4, -0.2) is 40.4 Å². The number of carbonyl (C=O) groups is 1. The SMILES string of the molecule is COc1ccc(-c2cccc(N)c2)n2nc(C3(COC(=O)NC(C)C)CC3)nc12. The first-order valence-corrected chi connectivity index (χ1v) is 9.65. The molecule has 2 aromatic heterocycles. The summed E-state index contributed by atoms with van der Waals surface area (Å²) >= 11 is 0. The Hall–Kier alpha value is -3.29. The van der Waals surface area contributed by atoms with Gasteiger partial charge in [-0.3, -0.25) is 0 Å². The lowest BCUT2D eigenvalue weighted by atomic mass is 10.1. The molecule has 0 unspecified atom stereocenters. The van der Waals surface area contributed by atoms with Crippen LogP contribution in [-0.2, 0) is 10.2 Å². The molecule has 1 amide bonds. The minimum atomic E-state index is -0.423. The molecule has 0 saturated heterocycles. The number of pyridine rings is 1. The first-order chi connectivity index (χ1) is 13.9. The fourth-order valence-corrected chi connectivity index (χ4v) is 3.30. The molecule has 0 atom stereocenters. The van der Waals surface area contributed by atoms with Gasteiger partial charge in [0.05, 0.1) is 18.2 Å². The van der Waals surface area contributed by atoms with Gasteiger partial charge in [-0.15, -0.1) is 5.10 Å². The van der Waals surface area contributed by atoms with Crippen LogP contribution in [0.15, 0.2) is 36.4 Å². The van der Waals surface area contributed by atoms with Gasteiger partial charge in [-0.2, -0.15) is 0 Å². The largest absolute Gasteiger partial charge is 0.493 e. The number of alkyl carbamates (subject to hydrolysis) is 1. The van der Waals surface area contributed by atoms with Crippen molar-refractivity contribution in [3.63, 3.8) is 0 Å². The summed E-state index contributed by atoms with van der Waals surface area (Å²) in [5.41, 5.74) is 8.71. The zero-order chi connectivity index (χ0) is 20.6. The number of nitrogens with zero attached hydrogens (tertiary/aromatic N) is 3. The van der Waals surface area contributed by atoms with E-state index in [1.807, 2.05) is 50.2 Å². The fourth-order valence-electron chi connectivity index (χ4n) is 3.30. The molecule has 0 spiro atoms. The van der Waals surface area contributed by atoms with Crippen LogP contribution < -0.4 is 15.8 Å². The Labute approximate surface area is 169 Å². The number of carbonyl (C=O) groups excluding carboxylic acids is 1. The lowest BCUT2D eigenvalue weighted by Gasteiger charge is -2.13. The monoisotopic (exact) mass is 395 g/mol. The average molecular weight is 395 g/mol. The summed E-state index contributed by atoms with van der Waals surface area (Å²) < 4.78 is 12.7. The van der Waals surface area contributed by atoms with Gasteiger partial charge in [-0.25, -0.2) is 14.3 Å². The van der Waals surface area contributed by atoms with E-state index in [2.05, 4.69) is 5.32 Å². The summed E-state index contributed by atoms with van der Waals surface area (Å²) in [6, 6.07) is 11.5. The number of fused-ring (bicyclic) bond motifs is 1. The van der Waals surface area contributed by atoms with E-state index in [-0.39, 0.29) is 18.1 Å². The molecular formula is C21H25N5O3. The number of anilines is 1. The molecule has 1 aliphatic carbocycles. The van der Waals surface area contributed by atoms with E-state index in [9.17, 15) is 4.79 Å². The third-order valence-electron chi connectivity index (χ3n) is 5.06. The van der Waals surface area contributed by atoms with E-state index < -0.39 is 6.09 Å². The van der Waals surface area contributed by atoms with Crippen LogP contribution in [0.1, 0.15) is 32.5 Å². The molecule has 29 heavy (non-hydrogen) atoms. The topological polar surface area (TPSA) is 104 Å². The Kier molecular flexibility index (Phi) is 4.77. The minimum Gasteiger partial charge on any atom is -0.493 e. The molecular weight excluding hydrogens is 370 g/mol. The van der Waals surface area contributed by atoms with Gasteiger partial charge in [-0.1, -0.05) is 12.1 Å². The number of amides is 1. The maximum atomic E-state index is 11.9. The van der Waals surface area contributed by atoms with Crippen molar-refractivity contribution in [3.05, 3.63) is 42.2 Å². The van der Waals surface area contributed by atoms with Gasteiger partial charge in [0.25, 0.3) is 0 Å². The number of hydrogen-bond donors (Lipinski definition) is 2. The van der Waals surface area contributed by atoms with Crippen molar-refractivity contribution in [2.75, 3.05) is 19.5 Å². The van der Waals surface area contributed by atoms with Gasteiger partial charge >= 0.3 is 6.09 Å². The van der Waals surface area contributed by atoms with E-state index in [4.69, 9.17) is 25.3 Å². The van der Waals surface area contributed by atoms with E-state index in [1.54, 1.807) is 11.6 Å². The average Bonchev–Trinajstić information content (AvgIpc) is 3.34. The second-order valence-corrected chi connectivity index (χ2v) is 7.74. The van der Waals surface area contributed by atoms with Gasteiger partial charge in [0.2, 0.25) is 0 Å². The van der Waals surface area contributed by atoms with Crippen molar-refractivity contribution in [3.8, 4) is 17.0 Å². The molecule has 2 heterocycles. The second kappa shape index (κ2) is 7.27. The van der Waals surface area contributed by atoms with Crippen molar-refractivity contribution in [1.29, 1.82) is 0 Å². The van der Waals surface area contributed by atoms with Gasteiger partial charge in [-0.05, 0) is 51.0 Å². The Morgan fingerprint density at radius 3 is 2.76 bits per heavy atom. The highest BCUT2D eigenvalue weighted by Crippen LogP contribution is 2.47. The molecule has 1 aliphatic rings. The molecule has 0 bridgehead atoms. The van der Waals surface area contributed by atoms with Gasteiger partial charge in [0.1, 0.15) is 6.61 Å². The number of methoxy groups -OCH3 is 1. The zero-order valence-corrected chi connectivity index (χ0v) is 16.8. The third kappa shape index (κ3) is 3.70. The molecule has 8 heteroatoms. The molecule has 0 radical (unpaired) electrons. The van der Waals surface area contributed by atoms with E-state index >= 15 is 0 Å². The third-order valence-corrected chi connectivity index (χ3v) is 5.06. The molecule has 8 nitrogen and oxygen atoms in total. The Morgan fingerprint density at radius 2 is 2.10 bits per heavy atom. The molecule has 3 N–H and O–H groups in total. The molecule has 0 aliphatic heterocycles. The lowest BCUT2D eigenvalue weighted by molar-refractivity contribution is 0.131. The fraction of sp³-hybridized carbons (Fsp3) is 0.381. The highest BCUT2D eigenvalue weighted by atomic mass is 16.5. The Morgan fingerprint density at radius 1 is 1.31 bits per heavy atom. The number of ether oxygens (including phenoxy) is 2. The van der Waals surface area contributed by atoms with Crippen LogP contribution >= 0.6 is 0 Å². The molecule has 3 aromatic rings. The maximum Gasteiger partial charge on any atom is 0.407 e. The molecule has 1 saturated carbocycles. The predicted molar refractivity (Wildman–Crippen MR) is 110 cm³/mol. The first-order valence-electron chi connectivity index (χ1n) is 9.65. The normalized spacial score (nSPS) is 14.8. The maximum absolute atomic E-state index is 11.9. The summed E-state index contributed by atoms with van der Waals surface area (Å²) in [5.74, 6) is 1.29. The van der Waals surface area contributed by atoms with Crippen LogP contribution in [0.2, 0.25) is 0 Å². The number of hydrogen-bond acceptors (Lipinski definition) is 6.